The first-order valence-corrected chi connectivity index (χ1v) is 10.5. The van der Waals surface area contributed by atoms with Crippen LogP contribution in [0.15, 0.2) is 79.0 Å². The number of hydrogen-bond acceptors (Lipinski definition) is 1. The highest BCUT2D eigenvalue weighted by atomic mass is 19.1. The third kappa shape index (κ3) is 2.72. The molecule has 0 spiro atoms. The number of rotatable bonds is 2. The van der Waals surface area contributed by atoms with Gasteiger partial charge in [0.2, 0.25) is 5.69 Å². The van der Waals surface area contributed by atoms with E-state index in [9.17, 15) is 4.39 Å². The Morgan fingerprint density at radius 1 is 0.935 bits per heavy atom. The van der Waals surface area contributed by atoms with Crippen molar-refractivity contribution < 1.29 is 8.96 Å². The standard InChI is InChI=1S/C27H21FN3/c1-17-7-12-23-27(29-25-16-20-5-3-4-6-22(20)31(23)25)26(17)24-15-19(13-14-30(24)2)18-8-10-21(28)11-9-18/h3-15H,16H2,1-2H3/q+1. The topological polar surface area (TPSA) is 21.7 Å². The predicted octanol–water partition coefficient (Wildman–Crippen LogP) is 5.54. The first-order chi connectivity index (χ1) is 15.1. The Labute approximate surface area is 180 Å². The van der Waals surface area contributed by atoms with Crippen molar-refractivity contribution >= 4 is 11.0 Å². The molecular formula is C27H21FN3+. The van der Waals surface area contributed by atoms with Crippen molar-refractivity contribution in [2.45, 2.75) is 13.3 Å². The molecule has 0 bridgehead atoms. The summed E-state index contributed by atoms with van der Waals surface area (Å²) in [4.78, 5) is 5.10. The molecule has 0 saturated carbocycles. The second kappa shape index (κ2) is 6.61. The van der Waals surface area contributed by atoms with E-state index in [1.807, 2.05) is 12.1 Å². The highest BCUT2D eigenvalue weighted by molar-refractivity contribution is 5.94. The summed E-state index contributed by atoms with van der Waals surface area (Å²) in [5.74, 6) is 0.860. The van der Waals surface area contributed by atoms with E-state index in [4.69, 9.17) is 4.98 Å². The van der Waals surface area contributed by atoms with Gasteiger partial charge in [-0.1, -0.05) is 36.4 Å². The molecule has 3 nitrogen and oxygen atoms in total. The number of para-hydroxylation sites is 1. The SMILES string of the molecule is Cc1ccc2c(nc3n2-c2ccccc2C3)c1-c1cc(-c2ccc(F)cc2)cc[n+]1C. The summed E-state index contributed by atoms with van der Waals surface area (Å²) in [5, 5.41) is 0. The summed E-state index contributed by atoms with van der Waals surface area (Å²) in [5.41, 5.74) is 10.2. The van der Waals surface area contributed by atoms with Gasteiger partial charge in [0, 0.05) is 18.6 Å². The third-order valence-corrected chi connectivity index (χ3v) is 6.27. The van der Waals surface area contributed by atoms with Gasteiger partial charge in [-0.2, -0.15) is 0 Å². The number of hydrogen-bond donors (Lipinski definition) is 0. The van der Waals surface area contributed by atoms with E-state index < -0.39 is 0 Å². The summed E-state index contributed by atoms with van der Waals surface area (Å²) in [7, 11) is 2.06. The van der Waals surface area contributed by atoms with Crippen LogP contribution in [0.4, 0.5) is 4.39 Å². The average molecular weight is 406 g/mol. The lowest BCUT2D eigenvalue weighted by Crippen LogP contribution is -2.30. The number of nitrogens with zero attached hydrogens (tertiary/aromatic N) is 3. The molecule has 6 rings (SSSR count). The summed E-state index contributed by atoms with van der Waals surface area (Å²) in [6.45, 7) is 2.14. The van der Waals surface area contributed by atoms with Gasteiger partial charge in [0.15, 0.2) is 6.20 Å². The summed E-state index contributed by atoms with van der Waals surface area (Å²) in [6, 6.07) is 23.8. The van der Waals surface area contributed by atoms with Gasteiger partial charge in [-0.3, -0.25) is 4.57 Å². The van der Waals surface area contributed by atoms with Gasteiger partial charge in [0.25, 0.3) is 0 Å². The van der Waals surface area contributed by atoms with Gasteiger partial charge in [0.05, 0.1) is 16.8 Å². The fraction of sp³-hybridized carbons (Fsp3) is 0.111. The highest BCUT2D eigenvalue weighted by Crippen LogP contribution is 2.37. The van der Waals surface area contributed by atoms with Crippen LogP contribution in [0.2, 0.25) is 0 Å². The lowest BCUT2D eigenvalue weighted by Gasteiger charge is -2.09. The zero-order chi connectivity index (χ0) is 21.1. The lowest BCUT2D eigenvalue weighted by molar-refractivity contribution is -0.660. The molecule has 0 amide bonds. The quantitative estimate of drug-likeness (QED) is 0.346. The summed E-state index contributed by atoms with van der Waals surface area (Å²) < 4.78 is 17.8. The number of pyridine rings is 1. The maximum Gasteiger partial charge on any atom is 0.215 e. The molecule has 0 N–H and O–H groups in total. The van der Waals surface area contributed by atoms with E-state index in [1.54, 1.807) is 0 Å². The molecule has 1 aliphatic rings. The Morgan fingerprint density at radius 3 is 2.58 bits per heavy atom. The number of fused-ring (bicyclic) bond motifs is 5. The van der Waals surface area contributed by atoms with Crippen LogP contribution >= 0.6 is 0 Å². The fourth-order valence-corrected chi connectivity index (χ4v) is 4.69. The number of imidazole rings is 1. The zero-order valence-electron chi connectivity index (χ0n) is 17.4. The molecule has 4 heteroatoms. The average Bonchev–Trinajstić information content (AvgIpc) is 3.31. The molecule has 1 aliphatic heterocycles. The minimum atomic E-state index is -0.223. The summed E-state index contributed by atoms with van der Waals surface area (Å²) in [6.07, 6.45) is 2.91. The Morgan fingerprint density at radius 2 is 1.74 bits per heavy atom. The van der Waals surface area contributed by atoms with Crippen molar-refractivity contribution in [2.24, 2.45) is 7.05 Å². The van der Waals surface area contributed by atoms with Crippen molar-refractivity contribution in [1.82, 2.24) is 9.55 Å². The monoisotopic (exact) mass is 406 g/mol. The molecule has 2 aromatic heterocycles. The van der Waals surface area contributed by atoms with E-state index in [1.165, 1.54) is 28.9 Å². The van der Waals surface area contributed by atoms with Crippen LogP contribution in [0.5, 0.6) is 0 Å². The van der Waals surface area contributed by atoms with Crippen molar-refractivity contribution in [2.75, 3.05) is 0 Å². The minimum absolute atomic E-state index is 0.223. The maximum atomic E-state index is 13.4. The van der Waals surface area contributed by atoms with Gasteiger partial charge in [-0.15, -0.1) is 0 Å². The molecule has 0 radical (unpaired) electrons. The van der Waals surface area contributed by atoms with Crippen LogP contribution in [-0.2, 0) is 13.5 Å². The molecule has 31 heavy (non-hydrogen) atoms. The van der Waals surface area contributed by atoms with Gasteiger partial charge >= 0.3 is 0 Å². The summed E-state index contributed by atoms with van der Waals surface area (Å²) >= 11 is 0. The number of aryl methyl sites for hydroxylation is 2. The van der Waals surface area contributed by atoms with E-state index in [0.717, 1.165) is 45.7 Å². The normalized spacial score (nSPS) is 12.2. The number of halogens is 1. The second-order valence-electron chi connectivity index (χ2n) is 8.21. The van der Waals surface area contributed by atoms with Crippen LogP contribution in [0.3, 0.4) is 0 Å². The van der Waals surface area contributed by atoms with Gasteiger partial charge in [-0.25, -0.2) is 13.9 Å². The van der Waals surface area contributed by atoms with Crippen LogP contribution in [0.1, 0.15) is 17.0 Å². The fourth-order valence-electron chi connectivity index (χ4n) is 4.69. The highest BCUT2D eigenvalue weighted by Gasteiger charge is 2.26. The second-order valence-corrected chi connectivity index (χ2v) is 8.21. The van der Waals surface area contributed by atoms with Crippen LogP contribution in [0.25, 0.3) is 39.1 Å². The smallest absolute Gasteiger partial charge is 0.215 e. The predicted molar refractivity (Wildman–Crippen MR) is 121 cm³/mol. The third-order valence-electron chi connectivity index (χ3n) is 6.27. The van der Waals surface area contributed by atoms with Crippen molar-refractivity contribution in [3.05, 3.63) is 102 Å². The van der Waals surface area contributed by atoms with E-state index in [-0.39, 0.29) is 5.82 Å². The van der Waals surface area contributed by atoms with Crippen LogP contribution < -0.4 is 4.57 Å². The molecule has 0 unspecified atom stereocenters. The van der Waals surface area contributed by atoms with Gasteiger partial charge in [0.1, 0.15) is 24.2 Å². The molecule has 3 aromatic carbocycles. The Balaban J connectivity index is 1.59. The van der Waals surface area contributed by atoms with E-state index in [2.05, 4.69) is 77.8 Å². The molecule has 0 atom stereocenters. The van der Waals surface area contributed by atoms with Gasteiger partial charge in [-0.05, 0) is 53.4 Å². The molecule has 0 saturated heterocycles. The molecule has 3 heterocycles. The van der Waals surface area contributed by atoms with Crippen molar-refractivity contribution in [3.8, 4) is 28.1 Å². The maximum absolute atomic E-state index is 13.4. The lowest BCUT2D eigenvalue weighted by atomic mass is 9.99. The molecular weight excluding hydrogens is 385 g/mol. The molecule has 0 fully saturated rings. The number of aromatic nitrogens is 3. The zero-order valence-corrected chi connectivity index (χ0v) is 17.4. The first kappa shape index (κ1) is 18.0. The molecule has 5 aromatic rings. The molecule has 0 aliphatic carbocycles. The number of benzene rings is 3. The minimum Gasteiger partial charge on any atom is -0.296 e. The van der Waals surface area contributed by atoms with Gasteiger partial charge < -0.3 is 0 Å². The Kier molecular flexibility index (Phi) is 3.84. The largest absolute Gasteiger partial charge is 0.296 e. The van der Waals surface area contributed by atoms with Crippen molar-refractivity contribution in [3.63, 3.8) is 0 Å². The van der Waals surface area contributed by atoms with E-state index >= 15 is 0 Å². The van der Waals surface area contributed by atoms with Crippen LogP contribution in [-0.4, -0.2) is 9.55 Å². The van der Waals surface area contributed by atoms with Crippen molar-refractivity contribution in [1.29, 1.82) is 0 Å². The van der Waals surface area contributed by atoms with Crippen LogP contribution in [0, 0.1) is 12.7 Å². The molecule has 150 valence electrons. The van der Waals surface area contributed by atoms with E-state index in [0.29, 0.717) is 0 Å². The Hall–Kier alpha value is -3.79. The Bertz CT molecular complexity index is 1480. The first-order valence-electron chi connectivity index (χ1n) is 10.5.